The molecule has 0 fully saturated rings. The molecule has 0 atom stereocenters. The van der Waals surface area contributed by atoms with Gasteiger partial charge in [0.05, 0.1) is 11.8 Å². The molecule has 0 N–H and O–H groups in total. The SMILES string of the molecule is Cc1nc(-c2cccnc2)sc1N(C)C(=O)OC(C)C. The molecule has 0 aliphatic carbocycles. The summed E-state index contributed by atoms with van der Waals surface area (Å²) in [5.74, 6) is 0. The van der Waals surface area contributed by atoms with E-state index in [1.165, 1.54) is 16.2 Å². The lowest BCUT2D eigenvalue weighted by molar-refractivity contribution is 0.124. The Labute approximate surface area is 122 Å². The van der Waals surface area contributed by atoms with Crippen LogP contribution < -0.4 is 4.90 Å². The van der Waals surface area contributed by atoms with Crippen LogP contribution in [0, 0.1) is 6.92 Å². The average molecular weight is 291 g/mol. The molecule has 0 spiro atoms. The predicted octanol–water partition coefficient (Wildman–Crippen LogP) is 3.49. The van der Waals surface area contributed by atoms with E-state index < -0.39 is 0 Å². The molecule has 2 aromatic rings. The fraction of sp³-hybridized carbons (Fsp3) is 0.357. The molecule has 5 nitrogen and oxygen atoms in total. The van der Waals surface area contributed by atoms with Gasteiger partial charge in [0, 0.05) is 25.0 Å². The van der Waals surface area contributed by atoms with Crippen molar-refractivity contribution >= 4 is 22.4 Å². The molecule has 0 unspecified atom stereocenters. The van der Waals surface area contributed by atoms with Gasteiger partial charge in [0.25, 0.3) is 0 Å². The summed E-state index contributed by atoms with van der Waals surface area (Å²) in [4.78, 5) is 22.0. The van der Waals surface area contributed by atoms with E-state index >= 15 is 0 Å². The molecule has 106 valence electrons. The molecule has 0 radical (unpaired) electrons. The number of carbonyl (C=O) groups is 1. The molecule has 1 amide bonds. The summed E-state index contributed by atoms with van der Waals surface area (Å²) in [6.45, 7) is 5.53. The summed E-state index contributed by atoms with van der Waals surface area (Å²) in [7, 11) is 1.69. The maximum absolute atomic E-state index is 11.9. The van der Waals surface area contributed by atoms with Gasteiger partial charge in [-0.1, -0.05) is 11.3 Å². The number of anilines is 1. The van der Waals surface area contributed by atoms with Crippen molar-refractivity contribution in [1.82, 2.24) is 9.97 Å². The van der Waals surface area contributed by atoms with E-state index in [9.17, 15) is 4.79 Å². The van der Waals surface area contributed by atoms with Crippen LogP contribution in [-0.2, 0) is 4.74 Å². The molecule has 2 heterocycles. The van der Waals surface area contributed by atoms with E-state index in [0.717, 1.165) is 21.3 Å². The van der Waals surface area contributed by atoms with Crippen LogP contribution in [0.1, 0.15) is 19.5 Å². The molecule has 2 rings (SSSR count). The number of ether oxygens (including phenoxy) is 1. The van der Waals surface area contributed by atoms with Gasteiger partial charge in [-0.3, -0.25) is 9.88 Å². The van der Waals surface area contributed by atoms with Crippen molar-refractivity contribution in [3.8, 4) is 10.6 Å². The monoisotopic (exact) mass is 291 g/mol. The van der Waals surface area contributed by atoms with Crippen LogP contribution in [0.25, 0.3) is 10.6 Å². The van der Waals surface area contributed by atoms with Gasteiger partial charge in [-0.25, -0.2) is 9.78 Å². The van der Waals surface area contributed by atoms with E-state index in [4.69, 9.17) is 4.74 Å². The van der Waals surface area contributed by atoms with Gasteiger partial charge < -0.3 is 4.74 Å². The average Bonchev–Trinajstić information content (AvgIpc) is 2.80. The minimum absolute atomic E-state index is 0.143. The first-order valence-corrected chi connectivity index (χ1v) is 7.13. The van der Waals surface area contributed by atoms with Crippen LogP contribution in [0.15, 0.2) is 24.5 Å². The first kappa shape index (κ1) is 14.5. The third-order valence-corrected chi connectivity index (χ3v) is 3.88. The number of aromatic nitrogens is 2. The quantitative estimate of drug-likeness (QED) is 0.868. The lowest BCUT2D eigenvalue weighted by Crippen LogP contribution is -2.29. The molecule has 0 bridgehead atoms. The second-order valence-corrected chi connectivity index (χ2v) is 5.62. The number of rotatable bonds is 3. The zero-order valence-corrected chi connectivity index (χ0v) is 12.8. The second kappa shape index (κ2) is 6.00. The summed E-state index contributed by atoms with van der Waals surface area (Å²) in [6, 6.07) is 3.81. The standard InChI is InChI=1S/C14H17N3O2S/c1-9(2)19-14(18)17(4)13-10(3)16-12(20-13)11-6-5-7-15-8-11/h5-9H,1-4H3. The van der Waals surface area contributed by atoms with E-state index in [2.05, 4.69) is 9.97 Å². The first-order chi connectivity index (χ1) is 9.49. The van der Waals surface area contributed by atoms with Crippen molar-refractivity contribution in [3.63, 3.8) is 0 Å². The molecule has 0 aliphatic heterocycles. The van der Waals surface area contributed by atoms with Crippen molar-refractivity contribution in [2.75, 3.05) is 11.9 Å². The molecule has 0 saturated carbocycles. The molecule has 0 saturated heterocycles. The van der Waals surface area contributed by atoms with Crippen molar-refractivity contribution < 1.29 is 9.53 Å². The highest BCUT2D eigenvalue weighted by Gasteiger charge is 2.20. The Balaban J connectivity index is 2.26. The smallest absolute Gasteiger partial charge is 0.414 e. The number of carbonyl (C=O) groups excluding carboxylic acids is 1. The Morgan fingerprint density at radius 3 is 2.80 bits per heavy atom. The maximum atomic E-state index is 11.9. The molecule has 20 heavy (non-hydrogen) atoms. The summed E-state index contributed by atoms with van der Waals surface area (Å²) in [5, 5.41) is 1.63. The van der Waals surface area contributed by atoms with Gasteiger partial charge in [0.2, 0.25) is 0 Å². The topological polar surface area (TPSA) is 55.3 Å². The Morgan fingerprint density at radius 2 is 2.20 bits per heavy atom. The van der Waals surface area contributed by atoms with Gasteiger partial charge in [-0.15, -0.1) is 0 Å². The first-order valence-electron chi connectivity index (χ1n) is 6.31. The number of hydrogen-bond acceptors (Lipinski definition) is 5. The largest absolute Gasteiger partial charge is 0.446 e. The summed E-state index contributed by atoms with van der Waals surface area (Å²) in [5.41, 5.74) is 1.74. The summed E-state index contributed by atoms with van der Waals surface area (Å²) >= 11 is 1.45. The number of amides is 1. The fourth-order valence-corrected chi connectivity index (χ4v) is 2.69. The number of aryl methyl sites for hydroxylation is 1. The van der Waals surface area contributed by atoms with Gasteiger partial charge in [-0.05, 0) is 32.9 Å². The van der Waals surface area contributed by atoms with Crippen LogP contribution in [0.2, 0.25) is 0 Å². The van der Waals surface area contributed by atoms with Crippen LogP contribution in [0.3, 0.4) is 0 Å². The Morgan fingerprint density at radius 1 is 1.45 bits per heavy atom. The number of nitrogens with zero attached hydrogens (tertiary/aromatic N) is 3. The van der Waals surface area contributed by atoms with Gasteiger partial charge in [-0.2, -0.15) is 0 Å². The van der Waals surface area contributed by atoms with E-state index in [1.807, 2.05) is 32.9 Å². The van der Waals surface area contributed by atoms with Crippen molar-refractivity contribution in [1.29, 1.82) is 0 Å². The number of thiazole rings is 1. The zero-order valence-electron chi connectivity index (χ0n) is 12.0. The Kier molecular flexibility index (Phi) is 4.34. The molecule has 0 aliphatic rings. The van der Waals surface area contributed by atoms with E-state index in [-0.39, 0.29) is 12.2 Å². The highest BCUT2D eigenvalue weighted by Crippen LogP contribution is 2.33. The van der Waals surface area contributed by atoms with Gasteiger partial charge >= 0.3 is 6.09 Å². The molecule has 0 aromatic carbocycles. The minimum Gasteiger partial charge on any atom is -0.446 e. The third-order valence-electron chi connectivity index (χ3n) is 2.60. The lowest BCUT2D eigenvalue weighted by Gasteiger charge is -2.17. The molecule has 2 aromatic heterocycles. The molecule has 6 heteroatoms. The van der Waals surface area contributed by atoms with Gasteiger partial charge in [0.15, 0.2) is 0 Å². The minimum atomic E-state index is -0.371. The third kappa shape index (κ3) is 3.14. The molecular weight excluding hydrogens is 274 g/mol. The van der Waals surface area contributed by atoms with Gasteiger partial charge in [0.1, 0.15) is 10.0 Å². The highest BCUT2D eigenvalue weighted by atomic mass is 32.1. The number of hydrogen-bond donors (Lipinski definition) is 0. The zero-order chi connectivity index (χ0) is 14.7. The van der Waals surface area contributed by atoms with Crippen molar-refractivity contribution in [3.05, 3.63) is 30.2 Å². The molecular formula is C14H17N3O2S. The predicted molar refractivity (Wildman–Crippen MR) is 80.1 cm³/mol. The number of pyridine rings is 1. The van der Waals surface area contributed by atoms with Crippen LogP contribution >= 0.6 is 11.3 Å². The van der Waals surface area contributed by atoms with E-state index in [1.54, 1.807) is 19.4 Å². The summed E-state index contributed by atoms with van der Waals surface area (Å²) < 4.78 is 5.19. The van der Waals surface area contributed by atoms with Crippen LogP contribution in [0.4, 0.5) is 9.80 Å². The fourth-order valence-electron chi connectivity index (χ4n) is 1.68. The lowest BCUT2D eigenvalue weighted by atomic mass is 10.3. The normalized spacial score (nSPS) is 10.7. The Hall–Kier alpha value is -1.95. The van der Waals surface area contributed by atoms with Crippen LogP contribution in [0.5, 0.6) is 0 Å². The maximum Gasteiger partial charge on any atom is 0.414 e. The second-order valence-electron chi connectivity index (χ2n) is 4.64. The Bertz CT molecular complexity index is 596. The van der Waals surface area contributed by atoms with E-state index in [0.29, 0.717) is 0 Å². The summed E-state index contributed by atoms with van der Waals surface area (Å²) in [6.07, 6.45) is 2.96. The van der Waals surface area contributed by atoms with Crippen molar-refractivity contribution in [2.45, 2.75) is 26.9 Å². The van der Waals surface area contributed by atoms with Crippen molar-refractivity contribution in [2.24, 2.45) is 0 Å². The van der Waals surface area contributed by atoms with Crippen LogP contribution in [-0.4, -0.2) is 29.2 Å². The highest BCUT2D eigenvalue weighted by molar-refractivity contribution is 7.19.